The van der Waals surface area contributed by atoms with E-state index in [9.17, 15) is 14.4 Å². The second-order valence-corrected chi connectivity index (χ2v) is 5.60. The normalized spacial score (nSPS) is 16.2. The fourth-order valence-corrected chi connectivity index (χ4v) is 2.72. The van der Waals surface area contributed by atoms with Gasteiger partial charge in [0.15, 0.2) is 0 Å². The Labute approximate surface area is 123 Å². The maximum Gasteiger partial charge on any atom is 0.325 e. The number of carbonyl (C=O) groups excluding carboxylic acids is 2. The van der Waals surface area contributed by atoms with Gasteiger partial charge in [-0.2, -0.15) is 0 Å². The molecule has 0 bridgehead atoms. The summed E-state index contributed by atoms with van der Waals surface area (Å²) >= 11 is 0. The number of hydrogen-bond donors (Lipinski definition) is 2. The zero-order valence-electron chi connectivity index (χ0n) is 12.5. The van der Waals surface area contributed by atoms with Crippen LogP contribution in [0.5, 0.6) is 0 Å². The lowest BCUT2D eigenvalue weighted by atomic mass is 9.96. The highest BCUT2D eigenvalue weighted by Crippen LogP contribution is 2.17. The van der Waals surface area contributed by atoms with Gasteiger partial charge in [-0.05, 0) is 26.7 Å². The van der Waals surface area contributed by atoms with Crippen molar-refractivity contribution in [2.45, 2.75) is 39.7 Å². The molecule has 2 amide bonds. The van der Waals surface area contributed by atoms with Gasteiger partial charge in [-0.15, -0.1) is 0 Å². The molecule has 0 saturated carbocycles. The number of hydrogen-bond acceptors (Lipinski definition) is 3. The average molecular weight is 294 g/mol. The van der Waals surface area contributed by atoms with Crippen molar-refractivity contribution in [1.29, 1.82) is 0 Å². The summed E-state index contributed by atoms with van der Waals surface area (Å²) < 4.78 is 1.59. The first-order chi connectivity index (χ1) is 9.90. The second-order valence-electron chi connectivity index (χ2n) is 5.60. The SMILES string of the molecule is Cc1[nH]c(=O)n(CCC(=O)N2CCC(C(N)=O)CC2)c1C. The minimum atomic E-state index is -0.285. The van der Waals surface area contributed by atoms with Crippen LogP contribution in [0.2, 0.25) is 0 Å². The summed E-state index contributed by atoms with van der Waals surface area (Å²) in [5.41, 5.74) is 6.79. The molecule has 3 N–H and O–H groups in total. The fraction of sp³-hybridized carbons (Fsp3) is 0.643. The van der Waals surface area contributed by atoms with E-state index in [0.29, 0.717) is 38.9 Å². The number of primary amides is 1. The molecule has 0 unspecified atom stereocenters. The van der Waals surface area contributed by atoms with E-state index in [1.165, 1.54) is 0 Å². The van der Waals surface area contributed by atoms with Crippen LogP contribution >= 0.6 is 0 Å². The smallest absolute Gasteiger partial charge is 0.325 e. The standard InChI is InChI=1S/C14H22N4O3/c1-9-10(2)18(14(21)16-9)8-5-12(19)17-6-3-11(4-7-17)13(15)20/h11H,3-8H2,1-2H3,(H2,15,20)(H,16,21). The molecule has 2 heterocycles. The topological polar surface area (TPSA) is 101 Å². The van der Waals surface area contributed by atoms with Crippen LogP contribution in [0, 0.1) is 19.8 Å². The lowest BCUT2D eigenvalue weighted by Crippen LogP contribution is -2.42. The maximum atomic E-state index is 12.2. The monoisotopic (exact) mass is 294 g/mol. The highest BCUT2D eigenvalue weighted by molar-refractivity contribution is 5.78. The summed E-state index contributed by atoms with van der Waals surface area (Å²) in [4.78, 5) is 39.4. The Morgan fingerprint density at radius 2 is 1.90 bits per heavy atom. The van der Waals surface area contributed by atoms with E-state index < -0.39 is 0 Å². The van der Waals surface area contributed by atoms with E-state index in [0.717, 1.165) is 11.4 Å². The molecule has 0 spiro atoms. The number of aromatic nitrogens is 2. The minimum Gasteiger partial charge on any atom is -0.369 e. The second kappa shape index (κ2) is 6.15. The van der Waals surface area contributed by atoms with Crippen molar-refractivity contribution in [3.05, 3.63) is 21.9 Å². The van der Waals surface area contributed by atoms with Crippen molar-refractivity contribution in [2.24, 2.45) is 11.7 Å². The van der Waals surface area contributed by atoms with Crippen molar-refractivity contribution in [3.8, 4) is 0 Å². The molecule has 116 valence electrons. The molecule has 1 aliphatic heterocycles. The number of nitrogens with two attached hydrogens (primary N) is 1. The number of aromatic amines is 1. The van der Waals surface area contributed by atoms with Crippen molar-refractivity contribution in [3.63, 3.8) is 0 Å². The third-order valence-corrected chi connectivity index (χ3v) is 4.29. The fourth-order valence-electron chi connectivity index (χ4n) is 2.72. The van der Waals surface area contributed by atoms with Crippen molar-refractivity contribution in [2.75, 3.05) is 13.1 Å². The van der Waals surface area contributed by atoms with Gasteiger partial charge in [0.05, 0.1) is 0 Å². The van der Waals surface area contributed by atoms with Crippen LogP contribution in [0.25, 0.3) is 0 Å². The highest BCUT2D eigenvalue weighted by atomic mass is 16.2. The molecule has 1 aromatic heterocycles. The van der Waals surface area contributed by atoms with Gasteiger partial charge in [0, 0.05) is 43.4 Å². The molecule has 2 rings (SSSR count). The summed E-state index contributed by atoms with van der Waals surface area (Å²) in [6.07, 6.45) is 1.55. The number of imidazole rings is 1. The van der Waals surface area contributed by atoms with E-state index in [4.69, 9.17) is 5.73 Å². The lowest BCUT2D eigenvalue weighted by molar-refractivity contribution is -0.135. The van der Waals surface area contributed by atoms with Gasteiger partial charge in [0.25, 0.3) is 0 Å². The Hall–Kier alpha value is -2.05. The van der Waals surface area contributed by atoms with E-state index in [1.807, 2.05) is 13.8 Å². The number of likely N-dealkylation sites (tertiary alicyclic amines) is 1. The molecule has 0 aromatic carbocycles. The van der Waals surface area contributed by atoms with Crippen LogP contribution in [-0.4, -0.2) is 39.4 Å². The van der Waals surface area contributed by atoms with E-state index in [-0.39, 0.29) is 23.4 Å². The van der Waals surface area contributed by atoms with Crippen LogP contribution in [0.4, 0.5) is 0 Å². The maximum absolute atomic E-state index is 12.2. The molecular weight excluding hydrogens is 272 g/mol. The van der Waals surface area contributed by atoms with Gasteiger partial charge < -0.3 is 15.6 Å². The number of rotatable bonds is 4. The first-order valence-electron chi connectivity index (χ1n) is 7.23. The van der Waals surface area contributed by atoms with Gasteiger partial charge >= 0.3 is 5.69 Å². The predicted molar refractivity (Wildman–Crippen MR) is 77.6 cm³/mol. The van der Waals surface area contributed by atoms with Crippen LogP contribution in [0.3, 0.4) is 0 Å². The molecule has 1 aliphatic rings. The third-order valence-electron chi connectivity index (χ3n) is 4.29. The molecule has 7 heteroatoms. The first-order valence-corrected chi connectivity index (χ1v) is 7.23. The van der Waals surface area contributed by atoms with Crippen molar-refractivity contribution in [1.82, 2.24) is 14.5 Å². The quantitative estimate of drug-likeness (QED) is 0.811. The van der Waals surface area contributed by atoms with E-state index >= 15 is 0 Å². The molecule has 1 fully saturated rings. The molecule has 0 aliphatic carbocycles. The number of carbonyl (C=O) groups is 2. The Kier molecular flexibility index (Phi) is 4.50. The Bertz CT molecular complexity index is 594. The number of nitrogens with zero attached hydrogens (tertiary/aromatic N) is 2. The first kappa shape index (κ1) is 15.3. The van der Waals surface area contributed by atoms with Gasteiger partial charge in [0.1, 0.15) is 0 Å². The average Bonchev–Trinajstić information content (AvgIpc) is 2.70. The lowest BCUT2D eigenvalue weighted by Gasteiger charge is -2.30. The minimum absolute atomic E-state index is 0.0167. The molecule has 0 radical (unpaired) electrons. The van der Waals surface area contributed by atoms with Crippen LogP contribution < -0.4 is 11.4 Å². The molecular formula is C14H22N4O3. The largest absolute Gasteiger partial charge is 0.369 e. The highest BCUT2D eigenvalue weighted by Gasteiger charge is 2.25. The number of aryl methyl sites for hydroxylation is 1. The number of amides is 2. The number of H-pyrrole nitrogens is 1. The molecule has 1 saturated heterocycles. The van der Waals surface area contributed by atoms with E-state index in [2.05, 4.69) is 4.98 Å². The van der Waals surface area contributed by atoms with Crippen LogP contribution in [-0.2, 0) is 16.1 Å². The van der Waals surface area contributed by atoms with Gasteiger partial charge in [-0.1, -0.05) is 0 Å². The molecule has 7 nitrogen and oxygen atoms in total. The number of piperidine rings is 1. The van der Waals surface area contributed by atoms with Crippen LogP contribution in [0.1, 0.15) is 30.7 Å². The third kappa shape index (κ3) is 3.34. The molecule has 0 atom stereocenters. The molecule has 21 heavy (non-hydrogen) atoms. The summed E-state index contributed by atoms with van der Waals surface area (Å²) in [5, 5.41) is 0. The number of nitrogens with one attached hydrogen (secondary N) is 1. The zero-order chi connectivity index (χ0) is 15.6. The molecule has 1 aromatic rings. The summed E-state index contributed by atoms with van der Waals surface area (Å²) in [5.74, 6) is -0.388. The Morgan fingerprint density at radius 1 is 1.29 bits per heavy atom. The Morgan fingerprint density at radius 3 is 2.38 bits per heavy atom. The van der Waals surface area contributed by atoms with Gasteiger partial charge in [-0.3, -0.25) is 14.2 Å². The zero-order valence-corrected chi connectivity index (χ0v) is 12.5. The predicted octanol–water partition coefficient (Wildman–Crippen LogP) is -0.0928. The van der Waals surface area contributed by atoms with Crippen LogP contribution in [0.15, 0.2) is 4.79 Å². The van der Waals surface area contributed by atoms with Gasteiger partial charge in [-0.25, -0.2) is 4.79 Å². The van der Waals surface area contributed by atoms with E-state index in [1.54, 1.807) is 9.47 Å². The summed E-state index contributed by atoms with van der Waals surface area (Å²) in [7, 11) is 0. The van der Waals surface area contributed by atoms with Gasteiger partial charge in [0.2, 0.25) is 11.8 Å². The van der Waals surface area contributed by atoms with Crippen molar-refractivity contribution >= 4 is 11.8 Å². The Balaban J connectivity index is 1.88. The van der Waals surface area contributed by atoms with Crippen molar-refractivity contribution < 1.29 is 9.59 Å². The summed E-state index contributed by atoms with van der Waals surface area (Å²) in [6, 6.07) is 0. The summed E-state index contributed by atoms with van der Waals surface area (Å²) in [6.45, 7) is 5.20.